The molecule has 0 atom stereocenters. The van der Waals surface area contributed by atoms with Crippen LogP contribution in [0.2, 0.25) is 5.28 Å². The van der Waals surface area contributed by atoms with E-state index in [-0.39, 0.29) is 5.28 Å². The molecule has 0 aliphatic carbocycles. The molecule has 0 aliphatic heterocycles. The fourth-order valence-corrected chi connectivity index (χ4v) is 2.36. The number of nitrogens with one attached hydrogen (secondary N) is 2. The smallest absolute Gasteiger partial charge is 0.226 e. The van der Waals surface area contributed by atoms with E-state index in [1.807, 2.05) is 10.9 Å². The molecule has 2 N–H and O–H groups in total. The van der Waals surface area contributed by atoms with Gasteiger partial charge in [0.2, 0.25) is 5.28 Å². The van der Waals surface area contributed by atoms with Crippen LogP contribution in [0.3, 0.4) is 0 Å². The van der Waals surface area contributed by atoms with Crippen molar-refractivity contribution in [2.24, 2.45) is 0 Å². The average molecular weight is 281 g/mol. The molecule has 0 unspecified atom stereocenters. The summed E-state index contributed by atoms with van der Waals surface area (Å²) in [6.07, 6.45) is 2.40. The zero-order chi connectivity index (χ0) is 12.4. The van der Waals surface area contributed by atoms with Crippen LogP contribution < -0.4 is 5.32 Å². The maximum absolute atomic E-state index is 5.83. The monoisotopic (exact) mass is 280 g/mol. The highest BCUT2D eigenvalue weighted by Gasteiger charge is 2.08. The van der Waals surface area contributed by atoms with Gasteiger partial charge in [0.1, 0.15) is 5.52 Å². The van der Waals surface area contributed by atoms with Gasteiger partial charge in [-0.3, -0.25) is 0 Å². The highest BCUT2D eigenvalue weighted by Crippen LogP contribution is 2.18. The summed E-state index contributed by atoms with van der Waals surface area (Å²) in [5, 5.41) is 5.42. The number of aromatic amines is 1. The van der Waals surface area contributed by atoms with Gasteiger partial charge in [0.25, 0.3) is 0 Å². The van der Waals surface area contributed by atoms with Crippen LogP contribution in [0, 0.1) is 0 Å². The van der Waals surface area contributed by atoms with E-state index in [1.54, 1.807) is 17.7 Å². The van der Waals surface area contributed by atoms with Gasteiger partial charge in [-0.05, 0) is 11.6 Å². The summed E-state index contributed by atoms with van der Waals surface area (Å²) < 4.78 is 0. The zero-order valence-electron chi connectivity index (χ0n) is 9.22. The number of imidazole rings is 1. The maximum atomic E-state index is 5.83. The molecule has 0 fully saturated rings. The second-order valence-electron chi connectivity index (χ2n) is 3.60. The van der Waals surface area contributed by atoms with Gasteiger partial charge in [-0.2, -0.15) is 9.97 Å². The quantitative estimate of drug-likeness (QED) is 0.716. The first-order valence-electron chi connectivity index (χ1n) is 5.30. The second kappa shape index (κ2) is 4.87. The molecule has 92 valence electrons. The van der Waals surface area contributed by atoms with Crippen LogP contribution in [-0.4, -0.2) is 31.5 Å². The first-order valence-corrected chi connectivity index (χ1v) is 6.62. The summed E-state index contributed by atoms with van der Waals surface area (Å²) in [5.74, 6) is 0.665. The van der Waals surface area contributed by atoms with Crippen molar-refractivity contribution in [3.8, 4) is 0 Å². The lowest BCUT2D eigenvalue weighted by molar-refractivity contribution is 0.968. The van der Waals surface area contributed by atoms with Crippen LogP contribution in [0.5, 0.6) is 0 Å². The van der Waals surface area contributed by atoms with Gasteiger partial charge in [0.15, 0.2) is 11.5 Å². The topological polar surface area (TPSA) is 79.4 Å². The molecule has 3 rings (SSSR count). The van der Waals surface area contributed by atoms with Crippen molar-refractivity contribution in [1.29, 1.82) is 0 Å². The molecule has 6 nitrogen and oxygen atoms in total. The Kier molecular flexibility index (Phi) is 3.07. The fourth-order valence-electron chi connectivity index (χ4n) is 1.60. The lowest BCUT2D eigenvalue weighted by atomic mass is 10.3. The van der Waals surface area contributed by atoms with Crippen molar-refractivity contribution in [1.82, 2.24) is 24.9 Å². The van der Waals surface area contributed by atoms with Crippen molar-refractivity contribution >= 4 is 39.9 Å². The standard InChI is InChI=1S/C10H9ClN6S/c11-10-16-8(7-9(17-10)14-4-13-7)12-2-1-6-3-18-5-15-6/h3-5H,1-2H2,(H2,12,13,14,16,17). The Morgan fingerprint density at radius 1 is 1.33 bits per heavy atom. The maximum Gasteiger partial charge on any atom is 0.226 e. The van der Waals surface area contributed by atoms with Crippen LogP contribution >= 0.6 is 22.9 Å². The minimum absolute atomic E-state index is 0.186. The fraction of sp³-hybridized carbons (Fsp3) is 0.200. The minimum Gasteiger partial charge on any atom is -0.368 e. The third kappa shape index (κ3) is 2.27. The first kappa shape index (κ1) is 11.4. The van der Waals surface area contributed by atoms with Crippen molar-refractivity contribution in [3.63, 3.8) is 0 Å². The summed E-state index contributed by atoms with van der Waals surface area (Å²) in [4.78, 5) is 19.4. The molecule has 0 aliphatic rings. The van der Waals surface area contributed by atoms with E-state index in [1.165, 1.54) is 0 Å². The number of aromatic nitrogens is 5. The van der Waals surface area contributed by atoms with E-state index in [2.05, 4.69) is 30.2 Å². The number of rotatable bonds is 4. The Hall–Kier alpha value is -1.73. The van der Waals surface area contributed by atoms with Crippen LogP contribution in [-0.2, 0) is 6.42 Å². The molecule has 8 heteroatoms. The third-order valence-corrected chi connectivity index (χ3v) is 3.22. The number of nitrogens with zero attached hydrogens (tertiary/aromatic N) is 4. The van der Waals surface area contributed by atoms with Crippen LogP contribution in [0.4, 0.5) is 5.82 Å². The molecule has 3 aromatic rings. The molecule has 0 saturated carbocycles. The second-order valence-corrected chi connectivity index (χ2v) is 4.66. The number of halogens is 1. The lowest BCUT2D eigenvalue weighted by Gasteiger charge is -2.05. The average Bonchev–Trinajstić information content (AvgIpc) is 2.98. The Bertz CT molecular complexity index is 649. The summed E-state index contributed by atoms with van der Waals surface area (Å²) in [6.45, 7) is 0.727. The van der Waals surface area contributed by atoms with Gasteiger partial charge in [-0.25, -0.2) is 9.97 Å². The van der Waals surface area contributed by atoms with Crippen LogP contribution in [0.25, 0.3) is 11.2 Å². The van der Waals surface area contributed by atoms with E-state index in [0.717, 1.165) is 24.2 Å². The normalized spacial score (nSPS) is 10.9. The van der Waals surface area contributed by atoms with Gasteiger partial charge in [0.05, 0.1) is 17.5 Å². The highest BCUT2D eigenvalue weighted by atomic mass is 35.5. The first-order chi connectivity index (χ1) is 8.83. The number of anilines is 1. The third-order valence-electron chi connectivity index (χ3n) is 2.42. The number of fused-ring (bicyclic) bond motifs is 1. The van der Waals surface area contributed by atoms with Gasteiger partial charge >= 0.3 is 0 Å². The number of H-pyrrole nitrogens is 1. The molecule has 0 spiro atoms. The number of hydrogen-bond acceptors (Lipinski definition) is 6. The molecule has 0 saturated heterocycles. The van der Waals surface area contributed by atoms with E-state index in [0.29, 0.717) is 11.5 Å². The van der Waals surface area contributed by atoms with E-state index < -0.39 is 0 Å². The molecule has 18 heavy (non-hydrogen) atoms. The predicted molar refractivity (Wildman–Crippen MR) is 71.0 cm³/mol. The molecule has 0 amide bonds. The zero-order valence-corrected chi connectivity index (χ0v) is 10.8. The van der Waals surface area contributed by atoms with Crippen molar-refractivity contribution in [2.45, 2.75) is 6.42 Å². The highest BCUT2D eigenvalue weighted by molar-refractivity contribution is 7.07. The Morgan fingerprint density at radius 2 is 2.28 bits per heavy atom. The number of thiazole rings is 1. The van der Waals surface area contributed by atoms with Crippen molar-refractivity contribution < 1.29 is 0 Å². The summed E-state index contributed by atoms with van der Waals surface area (Å²) in [5.41, 5.74) is 4.21. The van der Waals surface area contributed by atoms with E-state index in [9.17, 15) is 0 Å². The Morgan fingerprint density at radius 3 is 3.11 bits per heavy atom. The van der Waals surface area contributed by atoms with Crippen LogP contribution in [0.15, 0.2) is 17.2 Å². The van der Waals surface area contributed by atoms with Crippen LogP contribution in [0.1, 0.15) is 5.69 Å². The van der Waals surface area contributed by atoms with Crippen molar-refractivity contribution in [2.75, 3.05) is 11.9 Å². The van der Waals surface area contributed by atoms with Crippen molar-refractivity contribution in [3.05, 3.63) is 28.2 Å². The largest absolute Gasteiger partial charge is 0.368 e. The summed E-state index contributed by atoms with van der Waals surface area (Å²) >= 11 is 7.42. The Balaban J connectivity index is 1.75. The van der Waals surface area contributed by atoms with Gasteiger partial charge in [0, 0.05) is 18.3 Å². The lowest BCUT2D eigenvalue weighted by Crippen LogP contribution is -2.07. The summed E-state index contributed by atoms with van der Waals surface area (Å²) in [6, 6.07) is 0. The molecular formula is C10H9ClN6S. The molecule has 0 bridgehead atoms. The van der Waals surface area contributed by atoms with Gasteiger partial charge in [-0.1, -0.05) is 0 Å². The molecule has 0 radical (unpaired) electrons. The SMILES string of the molecule is Clc1nc(NCCc2cscn2)c2[nH]cnc2n1. The summed E-state index contributed by atoms with van der Waals surface area (Å²) in [7, 11) is 0. The van der Waals surface area contributed by atoms with E-state index >= 15 is 0 Å². The van der Waals surface area contributed by atoms with Gasteiger partial charge in [-0.15, -0.1) is 11.3 Å². The molecule has 3 aromatic heterocycles. The number of hydrogen-bond donors (Lipinski definition) is 2. The Labute approximate surface area is 111 Å². The molecule has 0 aromatic carbocycles. The molecular weight excluding hydrogens is 272 g/mol. The minimum atomic E-state index is 0.186. The van der Waals surface area contributed by atoms with E-state index in [4.69, 9.17) is 11.6 Å². The van der Waals surface area contributed by atoms with Gasteiger partial charge < -0.3 is 10.3 Å². The predicted octanol–water partition coefficient (Wildman–Crippen LogP) is 2.12. The molecule has 3 heterocycles.